The fraction of sp³-hybridized carbons (Fsp3) is 0.222. The summed E-state index contributed by atoms with van der Waals surface area (Å²) in [4.78, 5) is 0. The van der Waals surface area contributed by atoms with E-state index in [9.17, 15) is 0 Å². The van der Waals surface area contributed by atoms with E-state index < -0.39 is 0 Å². The first-order valence-corrected chi connectivity index (χ1v) is 14.0. The van der Waals surface area contributed by atoms with Crippen LogP contribution in [0.3, 0.4) is 0 Å². The predicted molar refractivity (Wildman–Crippen MR) is 155 cm³/mol. The molecule has 2 heteroatoms. The molecular formula is C36H34N2+2. The van der Waals surface area contributed by atoms with Crippen molar-refractivity contribution < 1.29 is 9.13 Å². The molecule has 0 amide bonds. The topological polar surface area (TPSA) is 7.76 Å². The molecular weight excluding hydrogens is 460 g/mol. The van der Waals surface area contributed by atoms with Crippen LogP contribution in [-0.2, 0) is 5.54 Å². The maximum absolute atomic E-state index is 2.57. The fourth-order valence-electron chi connectivity index (χ4n) is 7.15. The van der Waals surface area contributed by atoms with Gasteiger partial charge in [0, 0.05) is 54.2 Å². The molecule has 2 aromatic heterocycles. The van der Waals surface area contributed by atoms with Gasteiger partial charge in [0.1, 0.15) is 5.57 Å². The zero-order valence-corrected chi connectivity index (χ0v) is 22.5. The van der Waals surface area contributed by atoms with Gasteiger partial charge in [0.25, 0.3) is 0 Å². The van der Waals surface area contributed by atoms with Crippen molar-refractivity contribution in [3.8, 4) is 11.3 Å². The number of allylic oxidation sites excluding steroid dienone is 6. The standard InChI is InChI=1S/C36H34N2/c1-4-36(5-2)34(30-16-10-9-15-28(30)32-17-11-12-21-38(32)36)35-31-24-27(26-13-7-6-8-14-26)18-19-29(31)33-23-25(3)20-22-37(33)35/h6-23,27H,4-5,24H2,1-3H3/q+2. The van der Waals surface area contributed by atoms with E-state index in [1.807, 2.05) is 0 Å². The van der Waals surface area contributed by atoms with Gasteiger partial charge in [-0.2, -0.15) is 9.13 Å². The van der Waals surface area contributed by atoms with E-state index in [0.717, 1.165) is 19.3 Å². The van der Waals surface area contributed by atoms with Crippen molar-refractivity contribution in [3.63, 3.8) is 0 Å². The smallest absolute Gasteiger partial charge is 0.188 e. The molecule has 4 heterocycles. The molecule has 0 fully saturated rings. The van der Waals surface area contributed by atoms with Gasteiger partial charge in [-0.15, -0.1) is 0 Å². The van der Waals surface area contributed by atoms with Crippen LogP contribution in [0.25, 0.3) is 28.1 Å². The molecule has 38 heavy (non-hydrogen) atoms. The second-order valence-corrected chi connectivity index (χ2v) is 10.9. The predicted octanol–water partition coefficient (Wildman–Crippen LogP) is 7.65. The highest BCUT2D eigenvalue weighted by Crippen LogP contribution is 2.51. The van der Waals surface area contributed by atoms with Crippen molar-refractivity contribution in [2.75, 3.05) is 0 Å². The maximum Gasteiger partial charge on any atom is 0.226 e. The van der Waals surface area contributed by atoms with Crippen LogP contribution in [-0.4, -0.2) is 0 Å². The van der Waals surface area contributed by atoms with Crippen molar-refractivity contribution >= 4 is 16.8 Å². The summed E-state index contributed by atoms with van der Waals surface area (Å²) in [6.45, 7) is 6.93. The van der Waals surface area contributed by atoms with E-state index in [-0.39, 0.29) is 5.54 Å². The first-order chi connectivity index (χ1) is 18.7. The minimum atomic E-state index is -0.138. The second-order valence-electron chi connectivity index (χ2n) is 10.9. The van der Waals surface area contributed by atoms with Crippen LogP contribution in [0.5, 0.6) is 0 Å². The Kier molecular flexibility index (Phi) is 5.33. The summed E-state index contributed by atoms with van der Waals surface area (Å²) in [6, 6.07) is 31.3. The van der Waals surface area contributed by atoms with Crippen LogP contribution in [0.4, 0.5) is 0 Å². The Morgan fingerprint density at radius 3 is 2.32 bits per heavy atom. The summed E-state index contributed by atoms with van der Waals surface area (Å²) in [5, 5.41) is 0. The Balaban J connectivity index is 1.57. The molecule has 2 aliphatic heterocycles. The van der Waals surface area contributed by atoms with E-state index in [0.29, 0.717) is 5.92 Å². The third-order valence-electron chi connectivity index (χ3n) is 9.05. The summed E-state index contributed by atoms with van der Waals surface area (Å²) >= 11 is 0. The van der Waals surface area contributed by atoms with Crippen molar-refractivity contribution in [3.05, 3.63) is 137 Å². The van der Waals surface area contributed by atoms with E-state index >= 15 is 0 Å². The van der Waals surface area contributed by atoms with E-state index in [2.05, 4.69) is 139 Å². The summed E-state index contributed by atoms with van der Waals surface area (Å²) in [6.07, 6.45) is 12.5. The lowest BCUT2D eigenvalue weighted by molar-refractivity contribution is -0.742. The van der Waals surface area contributed by atoms with Gasteiger partial charge in [-0.1, -0.05) is 74.5 Å². The number of benzene rings is 2. The van der Waals surface area contributed by atoms with Gasteiger partial charge < -0.3 is 0 Å². The minimum Gasteiger partial charge on any atom is -0.188 e. The molecule has 2 nitrogen and oxygen atoms in total. The Hall–Kier alpha value is -4.04. The fourth-order valence-corrected chi connectivity index (χ4v) is 7.15. The molecule has 0 saturated carbocycles. The first kappa shape index (κ1) is 23.1. The lowest BCUT2D eigenvalue weighted by atomic mass is 9.72. The van der Waals surface area contributed by atoms with E-state index in [1.54, 1.807) is 0 Å². The number of rotatable bonds is 3. The highest BCUT2D eigenvalue weighted by Gasteiger charge is 2.53. The lowest BCUT2D eigenvalue weighted by Gasteiger charge is -2.35. The highest BCUT2D eigenvalue weighted by atomic mass is 15.1. The largest absolute Gasteiger partial charge is 0.226 e. The van der Waals surface area contributed by atoms with Gasteiger partial charge in [-0.25, -0.2) is 0 Å². The number of aryl methyl sites for hydroxylation is 1. The van der Waals surface area contributed by atoms with Crippen LogP contribution >= 0.6 is 0 Å². The van der Waals surface area contributed by atoms with Crippen molar-refractivity contribution in [1.29, 1.82) is 0 Å². The van der Waals surface area contributed by atoms with Crippen molar-refractivity contribution in [1.82, 2.24) is 0 Å². The molecule has 2 aromatic carbocycles. The maximum atomic E-state index is 2.57. The Bertz CT molecular complexity index is 1660. The van der Waals surface area contributed by atoms with Crippen molar-refractivity contribution in [2.45, 2.75) is 51.5 Å². The molecule has 0 bridgehead atoms. The van der Waals surface area contributed by atoms with Gasteiger partial charge in [0.05, 0.1) is 11.1 Å². The number of fused-ring (bicyclic) bond motifs is 5. The third-order valence-corrected chi connectivity index (χ3v) is 9.05. The second kappa shape index (κ2) is 8.77. The van der Waals surface area contributed by atoms with Crippen LogP contribution < -0.4 is 9.13 Å². The molecule has 0 radical (unpaired) electrons. The molecule has 0 N–H and O–H groups in total. The molecule has 3 aliphatic rings. The molecule has 4 aromatic rings. The molecule has 0 spiro atoms. The van der Waals surface area contributed by atoms with Gasteiger partial charge in [0.15, 0.2) is 17.9 Å². The Morgan fingerprint density at radius 2 is 1.53 bits per heavy atom. The lowest BCUT2D eigenvalue weighted by Crippen LogP contribution is -2.60. The van der Waals surface area contributed by atoms with Crippen LogP contribution in [0.15, 0.2) is 115 Å². The third kappa shape index (κ3) is 3.19. The normalized spacial score (nSPS) is 20.6. The summed E-state index contributed by atoms with van der Waals surface area (Å²) in [5.41, 5.74) is 13.6. The monoisotopic (exact) mass is 494 g/mol. The minimum absolute atomic E-state index is 0.138. The molecule has 1 unspecified atom stereocenters. The quantitative estimate of drug-likeness (QED) is 0.259. The number of hydrogen-bond acceptors (Lipinski definition) is 0. The van der Waals surface area contributed by atoms with E-state index in [1.165, 1.54) is 56.1 Å². The van der Waals surface area contributed by atoms with Gasteiger partial charge in [0.2, 0.25) is 17.1 Å². The van der Waals surface area contributed by atoms with Crippen LogP contribution in [0, 0.1) is 6.92 Å². The Labute approximate surface area is 225 Å². The molecule has 1 aliphatic carbocycles. The number of pyridine rings is 2. The average molecular weight is 495 g/mol. The first-order valence-electron chi connectivity index (χ1n) is 14.0. The van der Waals surface area contributed by atoms with Gasteiger partial charge >= 0.3 is 0 Å². The van der Waals surface area contributed by atoms with E-state index in [4.69, 9.17) is 0 Å². The zero-order valence-electron chi connectivity index (χ0n) is 22.5. The van der Waals surface area contributed by atoms with Gasteiger partial charge in [-0.05, 0) is 36.6 Å². The molecule has 0 saturated heterocycles. The Morgan fingerprint density at radius 1 is 0.789 bits per heavy atom. The zero-order chi connectivity index (χ0) is 25.9. The number of aromatic nitrogens is 2. The molecule has 186 valence electrons. The average Bonchev–Trinajstić information content (AvgIpc) is 3.29. The SMILES string of the molecule is CCC1(CC)C(=C2C3=C(C=CC(c4ccccc4)C3)c3cc(C)cc[n+]32)c2ccccc2-c2cccc[n+]21. The number of nitrogens with zero attached hydrogens (tertiary/aromatic N) is 2. The van der Waals surface area contributed by atoms with Crippen molar-refractivity contribution in [2.24, 2.45) is 0 Å². The van der Waals surface area contributed by atoms with Gasteiger partial charge in [-0.3, -0.25) is 0 Å². The van der Waals surface area contributed by atoms with Crippen LogP contribution in [0.2, 0.25) is 0 Å². The highest BCUT2D eigenvalue weighted by molar-refractivity contribution is 6.01. The molecule has 7 rings (SSSR count). The summed E-state index contributed by atoms with van der Waals surface area (Å²) < 4.78 is 5.06. The molecule has 1 atom stereocenters. The number of hydrogen-bond donors (Lipinski definition) is 0. The summed E-state index contributed by atoms with van der Waals surface area (Å²) in [7, 11) is 0. The van der Waals surface area contributed by atoms with Crippen LogP contribution in [0.1, 0.15) is 61.4 Å². The summed E-state index contributed by atoms with van der Waals surface area (Å²) in [5.74, 6) is 0.373.